The minimum absolute atomic E-state index is 0.0158. The minimum atomic E-state index is 0.0158. The van der Waals surface area contributed by atoms with Gasteiger partial charge < -0.3 is 15.0 Å². The summed E-state index contributed by atoms with van der Waals surface area (Å²) in [5.74, 6) is 0.273. The van der Waals surface area contributed by atoms with E-state index in [1.54, 1.807) is 24.3 Å². The maximum Gasteiger partial charge on any atom is 0.254 e. The van der Waals surface area contributed by atoms with Gasteiger partial charge in [-0.1, -0.05) is 0 Å². The van der Waals surface area contributed by atoms with Crippen LogP contribution in [0.3, 0.4) is 0 Å². The molecule has 1 heterocycles. The van der Waals surface area contributed by atoms with E-state index in [0.29, 0.717) is 18.7 Å². The first-order chi connectivity index (χ1) is 10.5. The molecular formula is C17H22N2O3. The lowest BCUT2D eigenvalue weighted by atomic mass is 10.1. The van der Waals surface area contributed by atoms with Crippen LogP contribution < -0.4 is 5.32 Å². The molecule has 22 heavy (non-hydrogen) atoms. The second-order valence-corrected chi connectivity index (χ2v) is 6.31. The molecule has 118 valence electrons. The minimum Gasteiger partial charge on any atom is -0.372 e. The van der Waals surface area contributed by atoms with Gasteiger partial charge in [0.25, 0.3) is 5.91 Å². The highest BCUT2D eigenvalue weighted by molar-refractivity contribution is 5.96. The van der Waals surface area contributed by atoms with Crippen molar-refractivity contribution in [2.45, 2.75) is 38.9 Å². The molecule has 0 spiro atoms. The number of nitrogens with zero attached hydrogens (tertiary/aromatic N) is 1. The van der Waals surface area contributed by atoms with Crippen molar-refractivity contribution < 1.29 is 14.3 Å². The summed E-state index contributed by atoms with van der Waals surface area (Å²) in [6.07, 6.45) is 2.08. The van der Waals surface area contributed by atoms with Crippen LogP contribution in [0.2, 0.25) is 0 Å². The first-order valence-electron chi connectivity index (χ1n) is 7.88. The smallest absolute Gasteiger partial charge is 0.254 e. The Morgan fingerprint density at radius 3 is 2.23 bits per heavy atom. The quantitative estimate of drug-likeness (QED) is 0.932. The summed E-state index contributed by atoms with van der Waals surface area (Å²) in [6.45, 7) is 5.19. The van der Waals surface area contributed by atoms with Crippen LogP contribution in [-0.4, -0.2) is 42.0 Å². The van der Waals surface area contributed by atoms with Crippen LogP contribution in [0.15, 0.2) is 24.3 Å². The summed E-state index contributed by atoms with van der Waals surface area (Å²) >= 11 is 0. The SMILES string of the molecule is C[C@@H]1CN(C(=O)c2ccc(NC(=O)C3CC3)cc2)C[C@H](C)O1. The molecule has 1 aliphatic carbocycles. The fourth-order valence-electron chi connectivity index (χ4n) is 2.81. The lowest BCUT2D eigenvalue weighted by Crippen LogP contribution is -2.48. The number of hydrogen-bond acceptors (Lipinski definition) is 3. The Balaban J connectivity index is 1.64. The molecule has 0 bridgehead atoms. The summed E-state index contributed by atoms with van der Waals surface area (Å²) in [7, 11) is 0. The van der Waals surface area contributed by atoms with E-state index in [9.17, 15) is 9.59 Å². The molecule has 1 aromatic rings. The third kappa shape index (κ3) is 3.47. The van der Waals surface area contributed by atoms with Crippen LogP contribution in [-0.2, 0) is 9.53 Å². The van der Waals surface area contributed by atoms with Gasteiger partial charge in [-0.3, -0.25) is 9.59 Å². The monoisotopic (exact) mass is 302 g/mol. The van der Waals surface area contributed by atoms with Crippen LogP contribution in [0, 0.1) is 5.92 Å². The molecule has 2 atom stereocenters. The normalized spacial score (nSPS) is 24.9. The molecule has 0 radical (unpaired) electrons. The van der Waals surface area contributed by atoms with Gasteiger partial charge >= 0.3 is 0 Å². The van der Waals surface area contributed by atoms with E-state index in [-0.39, 0.29) is 29.9 Å². The van der Waals surface area contributed by atoms with Crippen molar-refractivity contribution >= 4 is 17.5 Å². The summed E-state index contributed by atoms with van der Waals surface area (Å²) in [4.78, 5) is 26.1. The van der Waals surface area contributed by atoms with E-state index in [1.807, 2.05) is 18.7 Å². The van der Waals surface area contributed by atoms with Crippen LogP contribution >= 0.6 is 0 Å². The standard InChI is InChI=1S/C17H22N2O3/c1-11-9-19(10-12(2)22-11)17(21)14-5-7-15(8-6-14)18-16(20)13-3-4-13/h5-8,11-13H,3-4,9-10H2,1-2H3,(H,18,20)/t11-,12+. The van der Waals surface area contributed by atoms with Gasteiger partial charge in [-0.05, 0) is 51.0 Å². The molecular weight excluding hydrogens is 280 g/mol. The molecule has 2 amide bonds. The molecule has 1 saturated heterocycles. The van der Waals surface area contributed by atoms with E-state index >= 15 is 0 Å². The van der Waals surface area contributed by atoms with Crippen molar-refractivity contribution in [1.82, 2.24) is 4.90 Å². The Kier molecular flexibility index (Phi) is 4.16. The molecule has 2 fully saturated rings. The van der Waals surface area contributed by atoms with Gasteiger partial charge in [0.05, 0.1) is 12.2 Å². The zero-order valence-corrected chi connectivity index (χ0v) is 13.0. The largest absolute Gasteiger partial charge is 0.372 e. The summed E-state index contributed by atoms with van der Waals surface area (Å²) in [5, 5.41) is 2.88. The molecule has 3 rings (SSSR count). The van der Waals surface area contributed by atoms with Crippen LogP contribution in [0.4, 0.5) is 5.69 Å². The summed E-state index contributed by atoms with van der Waals surface area (Å²) in [6, 6.07) is 7.13. The number of rotatable bonds is 3. The van der Waals surface area contributed by atoms with E-state index in [2.05, 4.69) is 5.32 Å². The first-order valence-corrected chi connectivity index (χ1v) is 7.88. The van der Waals surface area contributed by atoms with Crippen LogP contribution in [0.1, 0.15) is 37.0 Å². The Morgan fingerprint density at radius 2 is 1.68 bits per heavy atom. The van der Waals surface area contributed by atoms with Gasteiger partial charge in [0.2, 0.25) is 5.91 Å². The van der Waals surface area contributed by atoms with Gasteiger partial charge in [0.15, 0.2) is 0 Å². The lowest BCUT2D eigenvalue weighted by molar-refractivity contribution is -0.117. The molecule has 0 aromatic heterocycles. The van der Waals surface area contributed by atoms with Gasteiger partial charge in [-0.15, -0.1) is 0 Å². The molecule has 1 N–H and O–H groups in total. The van der Waals surface area contributed by atoms with Gasteiger partial charge in [0, 0.05) is 30.3 Å². The van der Waals surface area contributed by atoms with Crippen LogP contribution in [0.5, 0.6) is 0 Å². The number of ether oxygens (including phenoxy) is 1. The van der Waals surface area contributed by atoms with Crippen molar-refractivity contribution in [3.8, 4) is 0 Å². The summed E-state index contributed by atoms with van der Waals surface area (Å²) in [5.41, 5.74) is 1.39. The van der Waals surface area contributed by atoms with Crippen molar-refractivity contribution in [3.63, 3.8) is 0 Å². The number of nitrogens with one attached hydrogen (secondary N) is 1. The molecule has 5 nitrogen and oxygen atoms in total. The Labute approximate surface area is 130 Å². The number of amides is 2. The van der Waals surface area contributed by atoms with E-state index < -0.39 is 0 Å². The Hall–Kier alpha value is -1.88. The molecule has 1 saturated carbocycles. The average Bonchev–Trinajstić information content (AvgIpc) is 3.31. The number of hydrogen-bond donors (Lipinski definition) is 1. The Bertz CT molecular complexity index is 556. The van der Waals surface area contributed by atoms with E-state index in [0.717, 1.165) is 18.5 Å². The molecule has 5 heteroatoms. The molecule has 1 aliphatic heterocycles. The predicted octanol–water partition coefficient (Wildman–Crippen LogP) is 2.28. The Morgan fingerprint density at radius 1 is 1.09 bits per heavy atom. The molecule has 1 aromatic carbocycles. The van der Waals surface area contributed by atoms with Gasteiger partial charge in [-0.2, -0.15) is 0 Å². The zero-order valence-electron chi connectivity index (χ0n) is 13.0. The lowest BCUT2D eigenvalue weighted by Gasteiger charge is -2.35. The van der Waals surface area contributed by atoms with Crippen molar-refractivity contribution in [2.75, 3.05) is 18.4 Å². The number of benzene rings is 1. The van der Waals surface area contributed by atoms with Crippen molar-refractivity contribution in [2.24, 2.45) is 5.92 Å². The topological polar surface area (TPSA) is 58.6 Å². The number of carbonyl (C=O) groups excluding carboxylic acids is 2. The second kappa shape index (κ2) is 6.08. The first kappa shape index (κ1) is 15.0. The highest BCUT2D eigenvalue weighted by Crippen LogP contribution is 2.30. The second-order valence-electron chi connectivity index (χ2n) is 6.31. The zero-order chi connectivity index (χ0) is 15.7. The number of carbonyl (C=O) groups is 2. The predicted molar refractivity (Wildman–Crippen MR) is 83.7 cm³/mol. The highest BCUT2D eigenvalue weighted by Gasteiger charge is 2.30. The maximum atomic E-state index is 12.5. The summed E-state index contributed by atoms with van der Waals surface area (Å²) < 4.78 is 5.65. The number of anilines is 1. The van der Waals surface area contributed by atoms with Crippen LogP contribution in [0.25, 0.3) is 0 Å². The third-order valence-electron chi connectivity index (χ3n) is 4.05. The van der Waals surface area contributed by atoms with Crippen molar-refractivity contribution in [3.05, 3.63) is 29.8 Å². The molecule has 2 aliphatic rings. The third-order valence-corrected chi connectivity index (χ3v) is 4.05. The maximum absolute atomic E-state index is 12.5. The van der Waals surface area contributed by atoms with E-state index in [4.69, 9.17) is 4.74 Å². The fourth-order valence-corrected chi connectivity index (χ4v) is 2.81. The van der Waals surface area contributed by atoms with Gasteiger partial charge in [0.1, 0.15) is 0 Å². The number of morpholine rings is 1. The average molecular weight is 302 g/mol. The van der Waals surface area contributed by atoms with Crippen molar-refractivity contribution in [1.29, 1.82) is 0 Å². The molecule has 0 unspecified atom stereocenters. The van der Waals surface area contributed by atoms with Gasteiger partial charge in [-0.25, -0.2) is 0 Å². The van der Waals surface area contributed by atoms with E-state index in [1.165, 1.54) is 0 Å². The fraction of sp³-hybridized carbons (Fsp3) is 0.529. The highest BCUT2D eigenvalue weighted by atomic mass is 16.5.